The molecule has 0 saturated carbocycles. The van der Waals surface area contributed by atoms with Gasteiger partial charge in [0.05, 0.1) is 11.5 Å². The lowest BCUT2D eigenvalue weighted by molar-refractivity contribution is -0.384. The summed E-state index contributed by atoms with van der Waals surface area (Å²) in [5, 5.41) is 14.3. The molecule has 142 valence electrons. The van der Waals surface area contributed by atoms with Crippen LogP contribution >= 0.6 is 0 Å². The number of hydrogen-bond donors (Lipinski definition) is 1. The Morgan fingerprint density at radius 3 is 2.46 bits per heavy atom. The van der Waals surface area contributed by atoms with Gasteiger partial charge in [0, 0.05) is 43.9 Å². The molecule has 0 aliphatic carbocycles. The zero-order valence-corrected chi connectivity index (χ0v) is 15.5. The van der Waals surface area contributed by atoms with E-state index in [9.17, 15) is 19.7 Å². The highest BCUT2D eigenvalue weighted by atomic mass is 16.6. The minimum Gasteiger partial charge on any atom is -0.363 e. The Labute approximate surface area is 153 Å². The first kappa shape index (κ1) is 19.8. The SMILES string of the molecule is CCC(C)NC(=O)CN1CCN(c2ccc(C(C)=O)cc2[N+](=O)[O-])CC1. The van der Waals surface area contributed by atoms with Gasteiger partial charge in [-0.2, -0.15) is 0 Å². The van der Waals surface area contributed by atoms with Crippen molar-refractivity contribution in [2.45, 2.75) is 33.2 Å². The number of nitro benzene ring substituents is 1. The van der Waals surface area contributed by atoms with E-state index in [1.807, 2.05) is 23.6 Å². The van der Waals surface area contributed by atoms with Crippen molar-refractivity contribution in [1.29, 1.82) is 0 Å². The summed E-state index contributed by atoms with van der Waals surface area (Å²) in [7, 11) is 0. The Kier molecular flexibility index (Phi) is 6.68. The third-order valence-electron chi connectivity index (χ3n) is 4.68. The molecule has 1 atom stereocenters. The molecule has 2 rings (SSSR count). The Hall–Kier alpha value is -2.48. The van der Waals surface area contributed by atoms with E-state index in [0.717, 1.165) is 6.42 Å². The number of hydrogen-bond acceptors (Lipinski definition) is 6. The summed E-state index contributed by atoms with van der Waals surface area (Å²) in [4.78, 5) is 38.4. The summed E-state index contributed by atoms with van der Waals surface area (Å²) in [5.41, 5.74) is 0.796. The highest BCUT2D eigenvalue weighted by molar-refractivity contribution is 5.95. The zero-order chi connectivity index (χ0) is 19.3. The van der Waals surface area contributed by atoms with Gasteiger partial charge in [0.1, 0.15) is 5.69 Å². The molecule has 1 fully saturated rings. The molecule has 8 heteroatoms. The predicted molar refractivity (Wildman–Crippen MR) is 99.6 cm³/mol. The van der Waals surface area contributed by atoms with Gasteiger partial charge in [0.25, 0.3) is 5.69 Å². The quantitative estimate of drug-likeness (QED) is 0.452. The average Bonchev–Trinajstić information content (AvgIpc) is 2.61. The summed E-state index contributed by atoms with van der Waals surface area (Å²) >= 11 is 0. The van der Waals surface area contributed by atoms with Crippen molar-refractivity contribution in [3.8, 4) is 0 Å². The number of rotatable bonds is 7. The molecule has 1 aliphatic rings. The number of ketones is 1. The lowest BCUT2D eigenvalue weighted by Crippen LogP contribution is -2.50. The van der Waals surface area contributed by atoms with Crippen molar-refractivity contribution in [1.82, 2.24) is 10.2 Å². The van der Waals surface area contributed by atoms with Crippen LogP contribution in [0.5, 0.6) is 0 Å². The minimum absolute atomic E-state index is 0.00425. The van der Waals surface area contributed by atoms with Crippen LogP contribution in [0.15, 0.2) is 18.2 Å². The molecule has 0 bridgehead atoms. The number of benzene rings is 1. The number of Topliss-reactive ketones (excluding diaryl/α,β-unsaturated/α-hetero) is 1. The highest BCUT2D eigenvalue weighted by Gasteiger charge is 2.25. The maximum absolute atomic E-state index is 12.0. The van der Waals surface area contributed by atoms with E-state index in [-0.39, 0.29) is 23.4 Å². The summed E-state index contributed by atoms with van der Waals surface area (Å²) in [6.45, 7) is 8.21. The maximum Gasteiger partial charge on any atom is 0.293 e. The second kappa shape index (κ2) is 8.75. The number of nitrogens with zero attached hydrogens (tertiary/aromatic N) is 3. The second-order valence-electron chi connectivity index (χ2n) is 6.66. The van der Waals surface area contributed by atoms with Gasteiger partial charge in [-0.25, -0.2) is 0 Å². The number of nitro groups is 1. The fourth-order valence-electron chi connectivity index (χ4n) is 2.93. The summed E-state index contributed by atoms with van der Waals surface area (Å²) in [6, 6.07) is 4.76. The van der Waals surface area contributed by atoms with Gasteiger partial charge in [-0.05, 0) is 32.4 Å². The number of carbonyl (C=O) groups is 2. The van der Waals surface area contributed by atoms with E-state index < -0.39 is 4.92 Å². The Morgan fingerprint density at radius 1 is 1.27 bits per heavy atom. The predicted octanol–water partition coefficient (Wildman–Crippen LogP) is 1.83. The molecule has 0 aromatic heterocycles. The van der Waals surface area contributed by atoms with Crippen molar-refractivity contribution in [2.75, 3.05) is 37.6 Å². The van der Waals surface area contributed by atoms with Crippen LogP contribution in [0.2, 0.25) is 0 Å². The van der Waals surface area contributed by atoms with Crippen molar-refractivity contribution < 1.29 is 14.5 Å². The summed E-state index contributed by atoms with van der Waals surface area (Å²) in [6.07, 6.45) is 0.888. The van der Waals surface area contributed by atoms with E-state index in [1.54, 1.807) is 12.1 Å². The lowest BCUT2D eigenvalue weighted by atomic mass is 10.1. The van der Waals surface area contributed by atoms with Crippen molar-refractivity contribution in [3.05, 3.63) is 33.9 Å². The van der Waals surface area contributed by atoms with Gasteiger partial charge < -0.3 is 10.2 Å². The monoisotopic (exact) mass is 362 g/mol. The molecular formula is C18H26N4O4. The molecule has 1 aromatic carbocycles. The van der Waals surface area contributed by atoms with Gasteiger partial charge in [-0.15, -0.1) is 0 Å². The third-order valence-corrected chi connectivity index (χ3v) is 4.68. The van der Waals surface area contributed by atoms with E-state index >= 15 is 0 Å². The topological polar surface area (TPSA) is 95.8 Å². The molecule has 1 saturated heterocycles. The maximum atomic E-state index is 12.0. The van der Waals surface area contributed by atoms with Crippen LogP contribution in [0.3, 0.4) is 0 Å². The Bertz CT molecular complexity index is 684. The normalized spacial score (nSPS) is 16.2. The average molecular weight is 362 g/mol. The van der Waals surface area contributed by atoms with Crippen LogP contribution in [-0.4, -0.2) is 60.3 Å². The number of anilines is 1. The van der Waals surface area contributed by atoms with Gasteiger partial charge in [-0.1, -0.05) is 6.92 Å². The largest absolute Gasteiger partial charge is 0.363 e. The van der Waals surface area contributed by atoms with E-state index in [2.05, 4.69) is 5.32 Å². The van der Waals surface area contributed by atoms with Crippen LogP contribution in [0.1, 0.15) is 37.6 Å². The summed E-state index contributed by atoms with van der Waals surface area (Å²) in [5.74, 6) is -0.193. The fourth-order valence-corrected chi connectivity index (χ4v) is 2.93. The van der Waals surface area contributed by atoms with Crippen LogP contribution in [0.25, 0.3) is 0 Å². The van der Waals surface area contributed by atoms with Crippen LogP contribution in [-0.2, 0) is 4.79 Å². The van der Waals surface area contributed by atoms with E-state index in [1.165, 1.54) is 13.0 Å². The van der Waals surface area contributed by atoms with Gasteiger partial charge in [-0.3, -0.25) is 24.6 Å². The molecule has 0 spiro atoms. The van der Waals surface area contributed by atoms with Gasteiger partial charge in [0.2, 0.25) is 5.91 Å². The lowest BCUT2D eigenvalue weighted by Gasteiger charge is -2.35. The smallest absolute Gasteiger partial charge is 0.293 e. The first-order chi connectivity index (χ1) is 12.3. The summed E-state index contributed by atoms with van der Waals surface area (Å²) < 4.78 is 0. The number of carbonyl (C=O) groups excluding carboxylic acids is 2. The van der Waals surface area contributed by atoms with E-state index in [0.29, 0.717) is 44.0 Å². The second-order valence-corrected chi connectivity index (χ2v) is 6.66. The highest BCUT2D eigenvalue weighted by Crippen LogP contribution is 2.30. The Balaban J connectivity index is 2.00. The molecule has 1 aromatic rings. The van der Waals surface area contributed by atoms with Crippen LogP contribution in [0.4, 0.5) is 11.4 Å². The number of nitrogens with one attached hydrogen (secondary N) is 1. The van der Waals surface area contributed by atoms with Crippen LogP contribution in [0, 0.1) is 10.1 Å². The fraction of sp³-hybridized carbons (Fsp3) is 0.556. The first-order valence-electron chi connectivity index (χ1n) is 8.87. The standard InChI is InChI=1S/C18H26N4O4/c1-4-13(2)19-18(24)12-20-7-9-21(10-8-20)16-6-5-15(14(3)23)11-17(16)22(25)26/h5-6,11,13H,4,7-10,12H2,1-3H3,(H,19,24). The van der Waals surface area contributed by atoms with Gasteiger partial charge >= 0.3 is 0 Å². The molecule has 1 heterocycles. The minimum atomic E-state index is -0.451. The molecule has 1 amide bonds. The molecule has 1 unspecified atom stereocenters. The van der Waals surface area contributed by atoms with Crippen molar-refractivity contribution >= 4 is 23.1 Å². The zero-order valence-electron chi connectivity index (χ0n) is 15.5. The number of amides is 1. The van der Waals surface area contributed by atoms with Gasteiger partial charge in [0.15, 0.2) is 5.78 Å². The number of piperazine rings is 1. The van der Waals surface area contributed by atoms with E-state index in [4.69, 9.17) is 0 Å². The van der Waals surface area contributed by atoms with Crippen LogP contribution < -0.4 is 10.2 Å². The van der Waals surface area contributed by atoms with Crippen molar-refractivity contribution in [2.24, 2.45) is 0 Å². The Morgan fingerprint density at radius 2 is 1.92 bits per heavy atom. The first-order valence-corrected chi connectivity index (χ1v) is 8.87. The molecule has 0 radical (unpaired) electrons. The van der Waals surface area contributed by atoms with Crippen molar-refractivity contribution in [3.63, 3.8) is 0 Å². The third kappa shape index (κ3) is 5.01. The molecule has 1 aliphatic heterocycles. The molecule has 8 nitrogen and oxygen atoms in total. The molecule has 1 N–H and O–H groups in total. The molecule has 26 heavy (non-hydrogen) atoms. The molecular weight excluding hydrogens is 336 g/mol.